The Morgan fingerprint density at radius 3 is 2.71 bits per heavy atom. The van der Waals surface area contributed by atoms with E-state index in [1.165, 1.54) is 6.07 Å². The molecule has 0 fully saturated rings. The highest BCUT2D eigenvalue weighted by molar-refractivity contribution is 5.53. The van der Waals surface area contributed by atoms with E-state index < -0.39 is 18.4 Å². The summed E-state index contributed by atoms with van der Waals surface area (Å²) in [6, 6.07) is 6.41. The highest BCUT2D eigenvalue weighted by Gasteiger charge is 2.45. The summed E-state index contributed by atoms with van der Waals surface area (Å²) in [6.45, 7) is 2.22. The van der Waals surface area contributed by atoms with Gasteiger partial charge in [0.1, 0.15) is 0 Å². The normalized spacial score (nSPS) is 24.7. The Hall–Kier alpha value is -1.23. The number of alkyl halides is 3. The van der Waals surface area contributed by atoms with Crippen LogP contribution < -0.4 is 5.32 Å². The molecule has 0 saturated carbocycles. The number of fused-ring (bicyclic) bond motifs is 1. The lowest BCUT2D eigenvalue weighted by atomic mass is 10.1. The first-order valence-electron chi connectivity index (χ1n) is 5.57. The van der Waals surface area contributed by atoms with Gasteiger partial charge in [-0.05, 0) is 12.5 Å². The van der Waals surface area contributed by atoms with Crippen molar-refractivity contribution in [2.75, 3.05) is 11.9 Å². The smallest absolute Gasteiger partial charge is 0.382 e. The van der Waals surface area contributed by atoms with E-state index in [0.717, 1.165) is 0 Å². The topological polar surface area (TPSA) is 21.3 Å². The highest BCUT2D eigenvalue weighted by Crippen LogP contribution is 2.41. The summed E-state index contributed by atoms with van der Waals surface area (Å²) >= 11 is 0. The van der Waals surface area contributed by atoms with Crippen molar-refractivity contribution in [1.82, 2.24) is 0 Å². The average molecular weight is 245 g/mol. The lowest BCUT2D eigenvalue weighted by Crippen LogP contribution is -2.28. The summed E-state index contributed by atoms with van der Waals surface area (Å²) in [7, 11) is 0. The lowest BCUT2D eigenvalue weighted by Gasteiger charge is -2.23. The third-order valence-electron chi connectivity index (χ3n) is 2.84. The van der Waals surface area contributed by atoms with Gasteiger partial charge in [-0.3, -0.25) is 0 Å². The number of rotatable bonds is 1. The van der Waals surface area contributed by atoms with Gasteiger partial charge in [0, 0.05) is 17.8 Å². The molecule has 1 aliphatic heterocycles. The Balaban J connectivity index is 2.39. The first kappa shape index (κ1) is 12.2. The van der Waals surface area contributed by atoms with Crippen molar-refractivity contribution in [2.45, 2.75) is 31.7 Å². The third kappa shape index (κ3) is 2.54. The molecule has 94 valence electrons. The van der Waals surface area contributed by atoms with Crippen LogP contribution in [0.5, 0.6) is 0 Å². The van der Waals surface area contributed by atoms with Crippen molar-refractivity contribution in [3.8, 4) is 0 Å². The molecule has 1 N–H and O–H groups in total. The zero-order valence-corrected chi connectivity index (χ0v) is 9.42. The van der Waals surface area contributed by atoms with Crippen LogP contribution in [0.3, 0.4) is 0 Å². The Labute approximate surface area is 97.8 Å². The maximum absolute atomic E-state index is 13.0. The van der Waals surface area contributed by atoms with Crippen LogP contribution >= 0.6 is 0 Å². The second-order valence-corrected chi connectivity index (χ2v) is 4.06. The zero-order valence-electron chi connectivity index (χ0n) is 9.42. The molecule has 0 aromatic heterocycles. The number of anilines is 1. The fraction of sp³-hybridized carbons (Fsp3) is 0.500. The van der Waals surface area contributed by atoms with Gasteiger partial charge in [0.15, 0.2) is 6.10 Å². The number of hydrogen-bond donors (Lipinski definition) is 1. The molecule has 0 spiro atoms. The van der Waals surface area contributed by atoms with Gasteiger partial charge in [0.2, 0.25) is 0 Å². The molecule has 0 radical (unpaired) electrons. The van der Waals surface area contributed by atoms with Gasteiger partial charge in [-0.15, -0.1) is 0 Å². The van der Waals surface area contributed by atoms with E-state index in [-0.39, 0.29) is 5.56 Å². The van der Waals surface area contributed by atoms with Crippen LogP contribution in [0.1, 0.15) is 25.0 Å². The summed E-state index contributed by atoms with van der Waals surface area (Å²) in [5.41, 5.74) is 0.668. The minimum absolute atomic E-state index is 0.163. The molecule has 5 heteroatoms. The van der Waals surface area contributed by atoms with Crippen LogP contribution in [-0.4, -0.2) is 18.8 Å². The van der Waals surface area contributed by atoms with Gasteiger partial charge >= 0.3 is 6.18 Å². The number of para-hydroxylation sites is 1. The fourth-order valence-electron chi connectivity index (χ4n) is 1.92. The van der Waals surface area contributed by atoms with Gasteiger partial charge in [-0.2, -0.15) is 13.2 Å². The van der Waals surface area contributed by atoms with Crippen LogP contribution in [0, 0.1) is 0 Å². The summed E-state index contributed by atoms with van der Waals surface area (Å²) < 4.78 is 44.0. The van der Waals surface area contributed by atoms with Gasteiger partial charge in [0.05, 0.1) is 6.10 Å². The predicted octanol–water partition coefficient (Wildman–Crippen LogP) is 3.51. The first-order chi connectivity index (χ1) is 8.02. The summed E-state index contributed by atoms with van der Waals surface area (Å²) in [5.74, 6) is 0. The van der Waals surface area contributed by atoms with E-state index in [9.17, 15) is 13.2 Å². The van der Waals surface area contributed by atoms with Gasteiger partial charge < -0.3 is 10.1 Å². The largest absolute Gasteiger partial charge is 0.418 e. The molecule has 0 saturated heterocycles. The van der Waals surface area contributed by atoms with E-state index in [1.807, 2.05) is 6.92 Å². The maximum atomic E-state index is 13.0. The average Bonchev–Trinajstić information content (AvgIpc) is 2.47. The summed E-state index contributed by atoms with van der Waals surface area (Å²) in [6.07, 6.45) is -6.09. The molecule has 0 aliphatic carbocycles. The second kappa shape index (κ2) is 4.56. The number of hydrogen-bond acceptors (Lipinski definition) is 2. The van der Waals surface area contributed by atoms with E-state index in [0.29, 0.717) is 18.7 Å². The molecule has 2 atom stereocenters. The molecule has 0 bridgehead atoms. The number of benzene rings is 1. The van der Waals surface area contributed by atoms with Gasteiger partial charge in [0.25, 0.3) is 0 Å². The SMILES string of the molecule is CCC1CNc2ccccc2C(C(F)(F)F)O1. The highest BCUT2D eigenvalue weighted by atomic mass is 19.4. The zero-order chi connectivity index (χ0) is 12.5. The number of ether oxygens (including phenoxy) is 1. The molecular formula is C12H14F3NO. The molecule has 1 aromatic rings. The van der Waals surface area contributed by atoms with Crippen molar-refractivity contribution < 1.29 is 17.9 Å². The van der Waals surface area contributed by atoms with Crippen molar-refractivity contribution in [1.29, 1.82) is 0 Å². The summed E-state index contributed by atoms with van der Waals surface area (Å²) in [5, 5.41) is 3.00. The molecule has 1 aromatic carbocycles. The molecule has 1 heterocycles. The minimum Gasteiger partial charge on any atom is -0.382 e. The first-order valence-corrected chi connectivity index (χ1v) is 5.57. The van der Waals surface area contributed by atoms with E-state index in [1.54, 1.807) is 18.2 Å². The van der Waals surface area contributed by atoms with Crippen LogP contribution in [0.25, 0.3) is 0 Å². The van der Waals surface area contributed by atoms with Crippen LogP contribution in [0.15, 0.2) is 24.3 Å². The molecule has 0 amide bonds. The quantitative estimate of drug-likeness (QED) is 0.817. The van der Waals surface area contributed by atoms with E-state index in [2.05, 4.69) is 5.32 Å². The lowest BCUT2D eigenvalue weighted by molar-refractivity contribution is -0.234. The molecule has 1 aliphatic rings. The van der Waals surface area contributed by atoms with E-state index >= 15 is 0 Å². The van der Waals surface area contributed by atoms with Crippen molar-refractivity contribution >= 4 is 5.69 Å². The Morgan fingerprint density at radius 1 is 1.35 bits per heavy atom. The van der Waals surface area contributed by atoms with Gasteiger partial charge in [-0.1, -0.05) is 25.1 Å². The maximum Gasteiger partial charge on any atom is 0.418 e. The van der Waals surface area contributed by atoms with Crippen molar-refractivity contribution in [3.63, 3.8) is 0 Å². The molecule has 17 heavy (non-hydrogen) atoms. The molecular weight excluding hydrogens is 231 g/mol. The Kier molecular flexibility index (Phi) is 3.28. The molecule has 2 nitrogen and oxygen atoms in total. The van der Waals surface area contributed by atoms with Crippen molar-refractivity contribution in [2.24, 2.45) is 0 Å². The fourth-order valence-corrected chi connectivity index (χ4v) is 1.92. The second-order valence-electron chi connectivity index (χ2n) is 4.06. The third-order valence-corrected chi connectivity index (χ3v) is 2.84. The summed E-state index contributed by atoms with van der Waals surface area (Å²) in [4.78, 5) is 0. The standard InChI is InChI=1S/C12H14F3NO/c1-2-8-7-16-10-6-4-3-5-9(10)11(17-8)12(13,14)15/h3-6,8,11,16H,2,7H2,1H3. The molecule has 2 rings (SSSR count). The van der Waals surface area contributed by atoms with Crippen molar-refractivity contribution in [3.05, 3.63) is 29.8 Å². The number of nitrogens with one attached hydrogen (secondary N) is 1. The Morgan fingerprint density at radius 2 is 2.06 bits per heavy atom. The number of halogens is 3. The molecule has 2 unspecified atom stereocenters. The van der Waals surface area contributed by atoms with Crippen LogP contribution in [-0.2, 0) is 4.74 Å². The minimum atomic E-state index is -4.38. The van der Waals surface area contributed by atoms with E-state index in [4.69, 9.17) is 4.74 Å². The monoisotopic (exact) mass is 245 g/mol. The van der Waals surface area contributed by atoms with Crippen LogP contribution in [0.2, 0.25) is 0 Å². The Bertz CT molecular complexity index is 392. The van der Waals surface area contributed by atoms with Gasteiger partial charge in [-0.25, -0.2) is 0 Å². The predicted molar refractivity (Wildman–Crippen MR) is 58.9 cm³/mol. The van der Waals surface area contributed by atoms with Crippen LogP contribution in [0.4, 0.5) is 18.9 Å².